The molecule has 3 N–H and O–H groups in total. The van der Waals surface area contributed by atoms with Gasteiger partial charge in [-0.1, -0.05) is 11.6 Å². The number of fused-ring (bicyclic) bond motifs is 1. The first-order valence-electron chi connectivity index (χ1n) is 12.3. The van der Waals surface area contributed by atoms with Crippen LogP contribution < -0.4 is 15.4 Å². The number of hydrogen-bond donors (Lipinski definition) is 3. The third kappa shape index (κ3) is 7.03. The van der Waals surface area contributed by atoms with Gasteiger partial charge in [-0.25, -0.2) is 19.6 Å². The van der Waals surface area contributed by atoms with Gasteiger partial charge in [0, 0.05) is 43.7 Å². The number of aliphatic carboxylic acids is 1. The molecule has 0 saturated carbocycles. The van der Waals surface area contributed by atoms with Crippen molar-refractivity contribution < 1.29 is 24.2 Å². The monoisotopic (exact) mass is 529 g/mol. The summed E-state index contributed by atoms with van der Waals surface area (Å²) in [6, 6.07) is 5.34. The number of carbonyl (C=O) groups excluding carboxylic acids is 1. The zero-order valence-electron chi connectivity index (χ0n) is 21.2. The van der Waals surface area contributed by atoms with Gasteiger partial charge in [-0.3, -0.25) is 0 Å². The zero-order valence-corrected chi connectivity index (χ0v) is 22.0. The number of aromatic nitrogens is 2. The Hall–Kier alpha value is -3.53. The highest BCUT2D eigenvalue weighted by Gasteiger charge is 2.28. The fourth-order valence-electron chi connectivity index (χ4n) is 4.15. The summed E-state index contributed by atoms with van der Waals surface area (Å²) in [6.45, 7) is 7.27. The molecule has 0 spiro atoms. The van der Waals surface area contributed by atoms with Crippen LogP contribution in [0.2, 0.25) is 5.02 Å². The lowest BCUT2D eigenvalue weighted by atomic mass is 10.0. The second kappa shape index (κ2) is 11.2. The van der Waals surface area contributed by atoms with Gasteiger partial charge < -0.3 is 30.1 Å². The van der Waals surface area contributed by atoms with Gasteiger partial charge >= 0.3 is 12.1 Å². The quantitative estimate of drug-likeness (QED) is 0.471. The fraction of sp³-hybridized carbons (Fsp3) is 0.462. The average Bonchev–Trinajstić information content (AvgIpc) is 2.81. The normalized spacial score (nSPS) is 17.8. The maximum atomic E-state index is 12.3. The van der Waals surface area contributed by atoms with Crippen molar-refractivity contribution in [3.63, 3.8) is 0 Å². The van der Waals surface area contributed by atoms with Crippen LogP contribution in [0.15, 0.2) is 30.1 Å². The van der Waals surface area contributed by atoms with Crippen LogP contribution in [0.1, 0.15) is 52.0 Å². The molecule has 37 heavy (non-hydrogen) atoms. The van der Waals surface area contributed by atoms with Crippen molar-refractivity contribution in [2.24, 2.45) is 0 Å². The smallest absolute Gasteiger partial charge is 0.410 e. The molecular formula is C26H32ClN5O5. The van der Waals surface area contributed by atoms with Gasteiger partial charge in [0.05, 0.1) is 10.6 Å². The highest BCUT2D eigenvalue weighted by molar-refractivity contribution is 6.32. The van der Waals surface area contributed by atoms with E-state index < -0.39 is 11.6 Å². The van der Waals surface area contributed by atoms with Gasteiger partial charge in [0.2, 0.25) is 0 Å². The Morgan fingerprint density at radius 1 is 1.22 bits per heavy atom. The molecule has 11 heteroatoms. The van der Waals surface area contributed by atoms with Gasteiger partial charge in [0.25, 0.3) is 0 Å². The van der Waals surface area contributed by atoms with E-state index in [9.17, 15) is 14.7 Å². The number of halogens is 1. The van der Waals surface area contributed by atoms with Crippen LogP contribution in [0.4, 0.5) is 22.1 Å². The Balaban J connectivity index is 1.42. The first-order valence-corrected chi connectivity index (χ1v) is 12.7. The van der Waals surface area contributed by atoms with Crippen molar-refractivity contribution in [3.8, 4) is 5.75 Å². The van der Waals surface area contributed by atoms with Gasteiger partial charge in [-0.05, 0) is 57.9 Å². The molecule has 10 nitrogen and oxygen atoms in total. The van der Waals surface area contributed by atoms with Crippen molar-refractivity contribution in [2.75, 3.05) is 30.3 Å². The average molecular weight is 530 g/mol. The lowest BCUT2D eigenvalue weighted by Crippen LogP contribution is -2.44. The first kappa shape index (κ1) is 26.5. The lowest BCUT2D eigenvalue weighted by molar-refractivity contribution is -0.132. The molecule has 2 aliphatic rings. The molecule has 0 aliphatic carbocycles. The third-order valence-electron chi connectivity index (χ3n) is 5.97. The number of likely N-dealkylation sites (tertiary alicyclic amines) is 1. The second-order valence-electron chi connectivity index (χ2n) is 10.0. The topological polar surface area (TPSA) is 126 Å². The van der Waals surface area contributed by atoms with Gasteiger partial charge in [-0.15, -0.1) is 0 Å². The standard InChI is InChI=1S/C26H32ClN5O5/c1-26(2,3)37-25(35)32-11-8-18(9-12-32)36-21-7-6-17(14-20(21)27)31-23-19-13-16(24(33)34)5-4-10-28-22(19)29-15-30-23/h6-7,13-15,18H,4-5,8-12H2,1-3H3,(H,33,34)(H2,28,29,30,31)/b16-13+. The SMILES string of the molecule is CC(C)(C)OC(=O)N1CCC(Oc2ccc(Nc3ncnc4c3/C=C(/C(=O)O)CCCN4)cc2Cl)CC1. The number of nitrogens with zero attached hydrogens (tertiary/aromatic N) is 3. The highest BCUT2D eigenvalue weighted by atomic mass is 35.5. The molecular weight excluding hydrogens is 498 g/mol. The zero-order chi connectivity index (χ0) is 26.6. The number of carbonyl (C=O) groups is 2. The van der Waals surface area contributed by atoms with Gasteiger partial charge in [0.15, 0.2) is 0 Å². The lowest BCUT2D eigenvalue weighted by Gasteiger charge is -2.33. The Bertz CT molecular complexity index is 1190. The van der Waals surface area contributed by atoms with E-state index in [0.717, 1.165) is 0 Å². The Morgan fingerprint density at radius 3 is 2.65 bits per heavy atom. The van der Waals surface area contributed by atoms with E-state index in [1.807, 2.05) is 26.8 Å². The minimum absolute atomic E-state index is 0.0674. The number of carboxylic acids is 1. The second-order valence-corrected chi connectivity index (χ2v) is 10.5. The Kier molecular flexibility index (Phi) is 8.06. The molecule has 1 fully saturated rings. The summed E-state index contributed by atoms with van der Waals surface area (Å²) in [4.78, 5) is 34.2. The summed E-state index contributed by atoms with van der Waals surface area (Å²) in [5.41, 5.74) is 1.03. The Morgan fingerprint density at radius 2 is 1.97 bits per heavy atom. The maximum absolute atomic E-state index is 12.3. The number of anilines is 3. The molecule has 3 heterocycles. The molecule has 4 rings (SSSR count). The molecule has 0 radical (unpaired) electrons. The molecule has 1 aromatic carbocycles. The molecule has 198 valence electrons. The van der Waals surface area contributed by atoms with E-state index in [4.69, 9.17) is 21.1 Å². The van der Waals surface area contributed by atoms with Crippen molar-refractivity contribution >= 4 is 47.1 Å². The number of amides is 1. The van der Waals surface area contributed by atoms with Crippen LogP contribution in [0.3, 0.4) is 0 Å². The number of rotatable bonds is 5. The fourth-order valence-corrected chi connectivity index (χ4v) is 4.37. The number of hydrogen-bond acceptors (Lipinski definition) is 8. The summed E-state index contributed by atoms with van der Waals surface area (Å²) in [5.74, 6) is 0.636. The van der Waals surface area contributed by atoms with Crippen molar-refractivity contribution in [3.05, 3.63) is 40.7 Å². The molecule has 0 unspecified atom stereocenters. The number of ether oxygens (including phenoxy) is 2. The van der Waals surface area contributed by atoms with Crippen LogP contribution in [0, 0.1) is 0 Å². The number of piperidine rings is 1. The van der Waals surface area contributed by atoms with Gasteiger partial charge in [0.1, 0.15) is 35.4 Å². The largest absolute Gasteiger partial charge is 0.489 e. The molecule has 2 aromatic rings. The maximum Gasteiger partial charge on any atom is 0.410 e. The van der Waals surface area contributed by atoms with E-state index in [-0.39, 0.29) is 12.2 Å². The number of benzene rings is 1. The molecule has 1 saturated heterocycles. The summed E-state index contributed by atoms with van der Waals surface area (Å²) in [7, 11) is 0. The Labute approximate surface area is 221 Å². The summed E-state index contributed by atoms with van der Waals surface area (Å²) in [6.07, 6.45) is 5.15. The first-order chi connectivity index (χ1) is 17.6. The molecule has 2 aliphatic heterocycles. The van der Waals surface area contributed by atoms with Crippen LogP contribution in [-0.4, -0.2) is 63.4 Å². The van der Waals surface area contributed by atoms with E-state index >= 15 is 0 Å². The predicted octanol–water partition coefficient (Wildman–Crippen LogP) is 5.33. The minimum atomic E-state index is -0.955. The van der Waals surface area contributed by atoms with Crippen molar-refractivity contribution in [2.45, 2.75) is 58.2 Å². The van der Waals surface area contributed by atoms with Crippen LogP contribution in [-0.2, 0) is 9.53 Å². The van der Waals surface area contributed by atoms with Crippen LogP contribution in [0.5, 0.6) is 5.75 Å². The molecule has 1 amide bonds. The van der Waals surface area contributed by atoms with Gasteiger partial charge in [-0.2, -0.15) is 0 Å². The van der Waals surface area contributed by atoms with Crippen LogP contribution in [0.25, 0.3) is 6.08 Å². The predicted molar refractivity (Wildman–Crippen MR) is 142 cm³/mol. The number of carboxylic acid groups (broad SMARTS) is 1. The third-order valence-corrected chi connectivity index (χ3v) is 6.27. The molecule has 1 aromatic heterocycles. The molecule has 0 bridgehead atoms. The molecule has 0 atom stereocenters. The van der Waals surface area contributed by atoms with Crippen molar-refractivity contribution in [1.82, 2.24) is 14.9 Å². The minimum Gasteiger partial charge on any atom is -0.489 e. The van der Waals surface area contributed by atoms with E-state index in [1.165, 1.54) is 6.33 Å². The van der Waals surface area contributed by atoms with Crippen LogP contribution >= 0.6 is 11.6 Å². The highest BCUT2D eigenvalue weighted by Crippen LogP contribution is 2.33. The van der Waals surface area contributed by atoms with E-state index in [2.05, 4.69) is 20.6 Å². The van der Waals surface area contributed by atoms with E-state index in [0.29, 0.717) is 84.5 Å². The summed E-state index contributed by atoms with van der Waals surface area (Å²) in [5, 5.41) is 16.4. The summed E-state index contributed by atoms with van der Waals surface area (Å²) < 4.78 is 11.6. The van der Waals surface area contributed by atoms with E-state index in [1.54, 1.807) is 23.1 Å². The number of nitrogens with one attached hydrogen (secondary N) is 2. The van der Waals surface area contributed by atoms with Crippen molar-refractivity contribution in [1.29, 1.82) is 0 Å². The summed E-state index contributed by atoms with van der Waals surface area (Å²) >= 11 is 6.54.